The van der Waals surface area contributed by atoms with Crippen molar-refractivity contribution in [2.45, 2.75) is 56.0 Å². The van der Waals surface area contributed by atoms with Gasteiger partial charge in [0.15, 0.2) is 27.3 Å². The summed E-state index contributed by atoms with van der Waals surface area (Å²) in [5, 5.41) is 22.0. The number of ether oxygens (including phenoxy) is 4. The van der Waals surface area contributed by atoms with Gasteiger partial charge in [-0.1, -0.05) is 59.1 Å². The zero-order valence-electron chi connectivity index (χ0n) is 68.0. The van der Waals surface area contributed by atoms with E-state index in [1.807, 2.05) is 42.5 Å². The smallest absolute Gasteiger partial charge is 0.363 e. The molecule has 0 bridgehead atoms. The molecule has 14 rings (SSSR count). The number of aromatic nitrogens is 6. The summed E-state index contributed by atoms with van der Waals surface area (Å²) in [4.78, 5) is 41.8. The number of sulfone groups is 1. The summed E-state index contributed by atoms with van der Waals surface area (Å²) in [5.74, 6) is 4.46. The predicted molar refractivity (Wildman–Crippen MR) is 474 cm³/mol. The first kappa shape index (κ1) is 87.7. The Kier molecular flexibility index (Phi) is 29.3. The summed E-state index contributed by atoms with van der Waals surface area (Å²) < 4.78 is 95.8. The zero-order valence-corrected chi connectivity index (χ0v) is 73.8. The molecule has 6 N–H and O–H groups in total. The number of fused-ring (bicyclic) bond motifs is 1. The lowest BCUT2D eigenvalue weighted by atomic mass is 10.0. The van der Waals surface area contributed by atoms with Crippen LogP contribution in [0.25, 0.3) is 0 Å². The Bertz CT molecular complexity index is 5240. The number of hydrogen-bond acceptors (Lipinski definition) is 29. The largest absolute Gasteiger partial charge is 0.495 e. The molecule has 117 heavy (non-hydrogen) atoms. The van der Waals surface area contributed by atoms with Gasteiger partial charge in [0, 0.05) is 156 Å². The minimum absolute atomic E-state index is 0.134. The molecule has 6 aromatic carbocycles. The lowest BCUT2D eigenvalue weighted by Gasteiger charge is -2.42. The van der Waals surface area contributed by atoms with E-state index in [9.17, 15) is 22.1 Å². The number of piperazine rings is 2. The molecule has 0 saturated carbocycles. The minimum atomic E-state index is -3.54. The molecule has 3 aromatic heterocycles. The van der Waals surface area contributed by atoms with Crippen LogP contribution in [-0.2, 0) is 39.0 Å². The highest BCUT2D eigenvalue weighted by atomic mass is 35.5. The van der Waals surface area contributed by atoms with Crippen molar-refractivity contribution in [3.05, 3.63) is 154 Å². The number of likely N-dealkylation sites (N-methyl/N-ethyl adjacent to an activating group) is 2. The molecule has 5 aliphatic heterocycles. The summed E-state index contributed by atoms with van der Waals surface area (Å²) in [6, 6.07) is 36.2. The fraction of sp³-hybridized carbons (Fsp3) is 0.407. The Hall–Kier alpha value is -8.57. The van der Waals surface area contributed by atoms with E-state index in [4.69, 9.17) is 62.8 Å². The fourth-order valence-corrected chi connectivity index (χ4v) is 19.7. The Morgan fingerprint density at radius 2 is 0.872 bits per heavy atom. The van der Waals surface area contributed by atoms with Crippen LogP contribution in [0, 0.1) is 0 Å². The van der Waals surface area contributed by atoms with Crippen LogP contribution in [0.1, 0.15) is 38.2 Å². The van der Waals surface area contributed by atoms with Crippen LogP contribution in [0.5, 0.6) is 23.0 Å². The number of nitrogens with one attached hydrogen (secondary N) is 6. The van der Waals surface area contributed by atoms with E-state index >= 15 is 0 Å². The molecule has 0 spiro atoms. The van der Waals surface area contributed by atoms with Gasteiger partial charge in [-0.25, -0.2) is 23.4 Å². The first-order valence-corrected chi connectivity index (χ1v) is 48.5. The molecule has 0 aliphatic carbocycles. The van der Waals surface area contributed by atoms with Gasteiger partial charge in [-0.2, -0.15) is 15.0 Å². The normalized spacial score (nSPS) is 16.6. The Morgan fingerprint density at radius 3 is 1.28 bits per heavy atom. The van der Waals surface area contributed by atoms with Gasteiger partial charge in [0.05, 0.1) is 97.5 Å². The zero-order chi connectivity index (χ0) is 83.3. The molecule has 4 saturated heterocycles. The molecule has 1 atom stereocenters. The molecule has 0 radical (unpaired) electrons. The summed E-state index contributed by atoms with van der Waals surface area (Å²) >= 11 is 19.2. The van der Waals surface area contributed by atoms with Gasteiger partial charge in [0.1, 0.15) is 52.3 Å². The monoisotopic (exact) mass is 1730 g/mol. The molecule has 0 amide bonds. The summed E-state index contributed by atoms with van der Waals surface area (Å²) in [5.41, 5.74) is 7.12. The average molecular weight is 1740 g/mol. The van der Waals surface area contributed by atoms with Crippen molar-refractivity contribution in [2.75, 3.05) is 209 Å². The molecular formula is C81H104Cl3N18O11P3S. The van der Waals surface area contributed by atoms with E-state index in [2.05, 4.69) is 130 Å². The summed E-state index contributed by atoms with van der Waals surface area (Å²) in [6.45, 7) is 22.9. The van der Waals surface area contributed by atoms with E-state index in [0.29, 0.717) is 103 Å². The second-order valence-electron chi connectivity index (χ2n) is 29.8. The van der Waals surface area contributed by atoms with Crippen molar-refractivity contribution in [2.24, 2.45) is 0 Å². The van der Waals surface area contributed by atoms with Crippen LogP contribution >= 0.6 is 56.7 Å². The quantitative estimate of drug-likeness (QED) is 0.0274. The standard InChI is InChI=1S/C31H41ClN7O3P.C30H41ClN7O4P.C20H22ClN4O4PS/c1-37-14-16-39(17-15-37)21-9-12-38(13-10-21)22-5-6-25(27(19-22)41-2)35-31-33-20-24(32)30(36-31)34-26-7-8-28(43(3,4)40)23-11-18-42-29(23)26;1-5-42-43(39,41-4)28-9-7-6-8-26(28)33-29-24(31)21-32-30(35-29)34-25-11-10-23(20-27(25)40-3)37-14-12-22(13-15-37)38-18-16-36(2)17-19-38;1-29-17-11-13(31(4,27)28)9-10-15(17)24-20-22-12-14(21)19(25-20)23-16-7-5-6-8-18(16)30(2,3)26/h5-8,19-21H,9-18H2,1-4H3,(H2,33,34,35,36);6-11,20-22H,5,12-19H2,1-4H3,(H2,32,33,34,35);5-12H,1-4H3,(H2,22,23,24,25). The number of nitrogens with zero attached hydrogens (tertiary/aromatic N) is 12. The molecule has 29 nitrogen and oxygen atoms in total. The van der Waals surface area contributed by atoms with Crippen LogP contribution in [0.2, 0.25) is 15.1 Å². The first-order valence-electron chi connectivity index (χ1n) is 38.7. The van der Waals surface area contributed by atoms with Crippen molar-refractivity contribution >= 4 is 163 Å². The molecule has 4 fully saturated rings. The van der Waals surface area contributed by atoms with Crippen LogP contribution in [-0.4, -0.2) is 237 Å². The molecule has 36 heteroatoms. The number of halogens is 3. The fourth-order valence-electron chi connectivity index (χ4n) is 14.7. The van der Waals surface area contributed by atoms with Crippen molar-refractivity contribution in [3.63, 3.8) is 0 Å². The Labute approximate surface area is 700 Å². The maximum Gasteiger partial charge on any atom is 0.363 e. The van der Waals surface area contributed by atoms with Gasteiger partial charge in [-0.05, 0) is 146 Å². The number of benzene rings is 6. The second-order valence-corrected chi connectivity index (χ2v) is 41.5. The maximum atomic E-state index is 13.3. The highest BCUT2D eigenvalue weighted by Crippen LogP contribution is 2.49. The number of para-hydroxylation sites is 2. The number of methoxy groups -OCH3 is 3. The Balaban J connectivity index is 0.000000164. The molecule has 1 unspecified atom stereocenters. The highest BCUT2D eigenvalue weighted by Gasteiger charge is 2.33. The topological polar surface area (TPSA) is 310 Å². The van der Waals surface area contributed by atoms with Gasteiger partial charge in [-0.15, -0.1) is 0 Å². The number of rotatable bonds is 26. The van der Waals surface area contributed by atoms with Crippen LogP contribution in [0.4, 0.5) is 80.8 Å². The number of anilines is 14. The van der Waals surface area contributed by atoms with E-state index in [1.54, 1.807) is 90.4 Å². The second kappa shape index (κ2) is 39.1. The van der Waals surface area contributed by atoms with E-state index in [-0.39, 0.29) is 22.5 Å². The third-order valence-corrected chi connectivity index (χ3v) is 28.2. The molecule has 8 heterocycles. The Morgan fingerprint density at radius 1 is 0.479 bits per heavy atom. The van der Waals surface area contributed by atoms with Crippen LogP contribution in [0.15, 0.2) is 139 Å². The van der Waals surface area contributed by atoms with E-state index in [0.717, 1.165) is 136 Å². The average Bonchev–Trinajstić information content (AvgIpc) is 1.77. The van der Waals surface area contributed by atoms with E-state index in [1.165, 1.54) is 64.7 Å². The molecule has 9 aromatic rings. The third-order valence-electron chi connectivity index (χ3n) is 21.1. The molecule has 5 aliphatic rings. The van der Waals surface area contributed by atoms with Crippen molar-refractivity contribution < 1.29 is 50.1 Å². The summed E-state index contributed by atoms with van der Waals surface area (Å²) in [6.07, 6.45) is 11.0. The lowest BCUT2D eigenvalue weighted by Crippen LogP contribution is -2.52. The highest BCUT2D eigenvalue weighted by molar-refractivity contribution is 7.90. The number of piperidine rings is 2. The van der Waals surface area contributed by atoms with Gasteiger partial charge in [0.25, 0.3) is 0 Å². The van der Waals surface area contributed by atoms with Crippen LogP contribution in [0.3, 0.4) is 0 Å². The van der Waals surface area contributed by atoms with Crippen LogP contribution < -0.4 is 76.6 Å². The van der Waals surface area contributed by atoms with Crippen molar-refractivity contribution in [1.82, 2.24) is 49.5 Å². The number of hydrogen-bond donors (Lipinski definition) is 6. The maximum absolute atomic E-state index is 13.3. The minimum Gasteiger partial charge on any atom is -0.495 e. The van der Waals surface area contributed by atoms with Gasteiger partial charge in [-0.3, -0.25) is 14.4 Å². The van der Waals surface area contributed by atoms with E-state index < -0.39 is 31.7 Å². The first-order chi connectivity index (χ1) is 56.0. The van der Waals surface area contributed by atoms with Gasteiger partial charge in [0.2, 0.25) is 17.8 Å². The predicted octanol–water partition coefficient (Wildman–Crippen LogP) is 14.6. The van der Waals surface area contributed by atoms with Crippen molar-refractivity contribution in [1.29, 1.82) is 0 Å². The lowest BCUT2D eigenvalue weighted by molar-refractivity contribution is 0.0982. The van der Waals surface area contributed by atoms with Gasteiger partial charge >= 0.3 is 7.60 Å². The third kappa shape index (κ3) is 22.3. The molecule has 626 valence electrons. The van der Waals surface area contributed by atoms with Gasteiger partial charge < -0.3 is 88.6 Å². The summed E-state index contributed by atoms with van der Waals surface area (Å²) in [7, 11) is -1.34. The molecular weight excluding hydrogens is 1630 g/mol. The van der Waals surface area contributed by atoms with Crippen molar-refractivity contribution in [3.8, 4) is 23.0 Å². The SMILES string of the molecule is CCOP(=O)(OC)c1ccccc1Nc1nc(Nc2ccc(N3CCC(N4CCN(C)CC4)CC3)cc2OC)ncc1Cl.COc1cc(N2CCC(N3CCN(C)CC3)CC2)ccc1Nc1ncc(Cl)c(Nc2ccc(P(C)(C)=O)c3c2OCC3)n1.COc1cc(S(C)(=O)=O)ccc1Nc1ncc(Cl)c(Nc2ccccc2P(C)(C)=O)n1.